The largest absolute Gasteiger partial charge is 0.481 e. The van der Waals surface area contributed by atoms with Crippen molar-refractivity contribution < 1.29 is 9.90 Å². The Balaban J connectivity index is 2.08. The molecule has 10 heavy (non-hydrogen) atoms. The zero-order valence-corrected chi connectivity index (χ0v) is 5.71. The molecule has 3 atom stereocenters. The van der Waals surface area contributed by atoms with E-state index in [9.17, 15) is 4.79 Å². The molecular weight excluding hydrogens is 130 g/mol. The fourth-order valence-corrected chi connectivity index (χ4v) is 2.10. The predicted molar refractivity (Wildman–Crippen MR) is 35.7 cm³/mol. The summed E-state index contributed by atoms with van der Waals surface area (Å²) in [6, 6.07) is 0.786. The molecule has 2 bridgehead atoms. The van der Waals surface area contributed by atoms with Gasteiger partial charge in [-0.15, -0.1) is 0 Å². The lowest BCUT2D eigenvalue weighted by atomic mass is 9.89. The van der Waals surface area contributed by atoms with Crippen molar-refractivity contribution in [3.8, 4) is 0 Å². The Morgan fingerprint density at radius 3 is 2.60 bits per heavy atom. The fourth-order valence-electron chi connectivity index (χ4n) is 2.10. The van der Waals surface area contributed by atoms with Gasteiger partial charge >= 0.3 is 5.97 Å². The maximum atomic E-state index is 10.6. The summed E-state index contributed by atoms with van der Waals surface area (Å²) in [6.45, 7) is 0. The van der Waals surface area contributed by atoms with E-state index >= 15 is 0 Å². The Morgan fingerprint density at radius 2 is 2.30 bits per heavy atom. The summed E-state index contributed by atoms with van der Waals surface area (Å²) in [5, 5.41) is 12.0. The second-order valence-corrected chi connectivity index (χ2v) is 3.23. The summed E-state index contributed by atoms with van der Waals surface area (Å²) in [7, 11) is 0. The third kappa shape index (κ3) is 0.736. The quantitative estimate of drug-likeness (QED) is 0.549. The van der Waals surface area contributed by atoms with Gasteiger partial charge in [-0.1, -0.05) is 0 Å². The molecule has 2 rings (SSSR count). The number of rotatable bonds is 1. The number of carboxylic acid groups (broad SMARTS) is 1. The summed E-state index contributed by atoms with van der Waals surface area (Å²) < 4.78 is 0. The molecule has 0 aromatic carbocycles. The lowest BCUT2D eigenvalue weighted by molar-refractivity contribution is -0.142. The van der Waals surface area contributed by atoms with Crippen LogP contribution in [0.4, 0.5) is 0 Å². The molecule has 2 fully saturated rings. The fraction of sp³-hybridized carbons (Fsp3) is 0.857. The molecule has 0 spiro atoms. The molecule has 0 aliphatic carbocycles. The van der Waals surface area contributed by atoms with Crippen LogP contribution >= 0.6 is 0 Å². The minimum atomic E-state index is -0.625. The van der Waals surface area contributed by atoms with Gasteiger partial charge in [0.25, 0.3) is 0 Å². The lowest BCUT2D eigenvalue weighted by Crippen LogP contribution is -2.28. The first-order chi connectivity index (χ1) is 4.77. The predicted octanol–water partition coefficient (Wildman–Crippen LogP) is 0.212. The molecule has 2 heterocycles. The van der Waals surface area contributed by atoms with Crippen molar-refractivity contribution >= 4 is 5.97 Å². The topological polar surface area (TPSA) is 49.3 Å². The van der Waals surface area contributed by atoms with Crippen molar-refractivity contribution in [3.05, 3.63) is 0 Å². The number of hydrogen-bond donors (Lipinski definition) is 2. The Morgan fingerprint density at radius 1 is 1.50 bits per heavy atom. The zero-order valence-electron chi connectivity index (χ0n) is 5.71. The molecule has 0 aromatic rings. The van der Waals surface area contributed by atoms with Crippen molar-refractivity contribution in [2.75, 3.05) is 0 Å². The molecule has 56 valence electrons. The van der Waals surface area contributed by atoms with Gasteiger partial charge in [-0.2, -0.15) is 0 Å². The molecular formula is C7H11NO2. The minimum Gasteiger partial charge on any atom is -0.481 e. The van der Waals surface area contributed by atoms with E-state index in [0.717, 1.165) is 12.8 Å². The number of aliphatic carboxylic acids is 1. The molecule has 2 N–H and O–H groups in total. The van der Waals surface area contributed by atoms with E-state index in [1.165, 1.54) is 6.42 Å². The summed E-state index contributed by atoms with van der Waals surface area (Å²) >= 11 is 0. The Hall–Kier alpha value is -0.570. The van der Waals surface area contributed by atoms with Gasteiger partial charge in [0.1, 0.15) is 0 Å². The molecule has 2 saturated heterocycles. The minimum absolute atomic E-state index is 0.0984. The highest BCUT2D eigenvalue weighted by atomic mass is 16.4. The van der Waals surface area contributed by atoms with Crippen LogP contribution in [0.25, 0.3) is 0 Å². The smallest absolute Gasteiger partial charge is 0.308 e. The van der Waals surface area contributed by atoms with Gasteiger partial charge < -0.3 is 10.4 Å². The van der Waals surface area contributed by atoms with E-state index in [1.807, 2.05) is 0 Å². The lowest BCUT2D eigenvalue weighted by Gasteiger charge is -2.14. The van der Waals surface area contributed by atoms with Crippen LogP contribution in [0.2, 0.25) is 0 Å². The summed E-state index contributed by atoms with van der Waals surface area (Å²) in [6.07, 6.45) is 3.08. The van der Waals surface area contributed by atoms with E-state index in [2.05, 4.69) is 5.32 Å². The highest BCUT2D eigenvalue weighted by molar-refractivity contribution is 5.71. The standard InChI is InChI=1S/C7H11NO2/c9-7(10)5-3-4-1-2-6(5)8-4/h4-6,8H,1-3H2,(H,9,10)/t4-,5-,6+/m1/s1. The highest BCUT2D eigenvalue weighted by Gasteiger charge is 2.42. The Kier molecular flexibility index (Phi) is 1.20. The number of hydrogen-bond acceptors (Lipinski definition) is 2. The molecule has 0 radical (unpaired) electrons. The van der Waals surface area contributed by atoms with Crippen molar-refractivity contribution in [3.63, 3.8) is 0 Å². The van der Waals surface area contributed by atoms with Crippen LogP contribution < -0.4 is 5.32 Å². The first kappa shape index (κ1) is 6.16. The van der Waals surface area contributed by atoms with Gasteiger partial charge in [0, 0.05) is 12.1 Å². The van der Waals surface area contributed by atoms with Gasteiger partial charge in [0.2, 0.25) is 0 Å². The maximum Gasteiger partial charge on any atom is 0.308 e. The van der Waals surface area contributed by atoms with Crippen molar-refractivity contribution in [1.82, 2.24) is 5.32 Å². The van der Waals surface area contributed by atoms with Crippen LogP contribution in [0.15, 0.2) is 0 Å². The number of carboxylic acids is 1. The number of fused-ring (bicyclic) bond motifs is 2. The van der Waals surface area contributed by atoms with E-state index in [0.29, 0.717) is 6.04 Å². The number of carbonyl (C=O) groups is 1. The average Bonchev–Trinajstić information content (AvgIpc) is 2.44. The second kappa shape index (κ2) is 1.95. The maximum absolute atomic E-state index is 10.6. The molecule has 3 nitrogen and oxygen atoms in total. The molecule has 0 aromatic heterocycles. The van der Waals surface area contributed by atoms with Crippen molar-refractivity contribution in [1.29, 1.82) is 0 Å². The van der Waals surface area contributed by atoms with Crippen LogP contribution in [-0.2, 0) is 4.79 Å². The van der Waals surface area contributed by atoms with E-state index in [-0.39, 0.29) is 12.0 Å². The second-order valence-electron chi connectivity index (χ2n) is 3.23. The SMILES string of the molecule is O=C(O)[C@@H]1C[C@H]2CC[C@@H]1N2. The first-order valence-corrected chi connectivity index (χ1v) is 3.76. The number of nitrogens with one attached hydrogen (secondary N) is 1. The van der Waals surface area contributed by atoms with Crippen LogP contribution in [0.3, 0.4) is 0 Å². The van der Waals surface area contributed by atoms with Crippen LogP contribution in [0.1, 0.15) is 19.3 Å². The molecule has 2 aliphatic rings. The van der Waals surface area contributed by atoms with Crippen molar-refractivity contribution in [2.45, 2.75) is 31.3 Å². The molecule has 0 amide bonds. The van der Waals surface area contributed by atoms with Crippen molar-refractivity contribution in [2.24, 2.45) is 5.92 Å². The highest BCUT2D eigenvalue weighted by Crippen LogP contribution is 2.32. The van der Waals surface area contributed by atoms with Crippen LogP contribution in [0, 0.1) is 5.92 Å². The summed E-state index contributed by atoms with van der Waals surface area (Å²) in [4.78, 5) is 10.6. The third-order valence-electron chi connectivity index (χ3n) is 2.62. The van der Waals surface area contributed by atoms with Gasteiger partial charge in [-0.05, 0) is 19.3 Å². The van der Waals surface area contributed by atoms with Gasteiger partial charge in [-0.25, -0.2) is 0 Å². The van der Waals surface area contributed by atoms with Crippen LogP contribution in [-0.4, -0.2) is 23.2 Å². The van der Waals surface area contributed by atoms with E-state index < -0.39 is 5.97 Å². The molecule has 3 heteroatoms. The van der Waals surface area contributed by atoms with E-state index in [1.54, 1.807) is 0 Å². The summed E-state index contributed by atoms with van der Waals surface area (Å²) in [5.41, 5.74) is 0. The molecule has 2 aliphatic heterocycles. The monoisotopic (exact) mass is 141 g/mol. The molecule has 0 saturated carbocycles. The van der Waals surface area contributed by atoms with Gasteiger partial charge in [0.15, 0.2) is 0 Å². The van der Waals surface area contributed by atoms with Gasteiger partial charge in [-0.3, -0.25) is 4.79 Å². The Labute approximate surface area is 59.4 Å². The molecule has 0 unspecified atom stereocenters. The normalized spacial score (nSPS) is 44.2. The van der Waals surface area contributed by atoms with E-state index in [4.69, 9.17) is 5.11 Å². The average molecular weight is 141 g/mol. The summed E-state index contributed by atoms with van der Waals surface area (Å²) in [5.74, 6) is -0.724. The first-order valence-electron chi connectivity index (χ1n) is 3.76. The third-order valence-corrected chi connectivity index (χ3v) is 2.62. The van der Waals surface area contributed by atoms with Crippen LogP contribution in [0.5, 0.6) is 0 Å². The zero-order chi connectivity index (χ0) is 7.14. The Bertz CT molecular complexity index is 169. The van der Waals surface area contributed by atoms with Gasteiger partial charge in [0.05, 0.1) is 5.92 Å².